The van der Waals surface area contributed by atoms with Gasteiger partial charge in [-0.05, 0) is 31.5 Å². The number of aromatic nitrogens is 5. The minimum atomic E-state index is -0.497. The number of carbonyl (C=O) groups excluding carboxylic acids is 2. The van der Waals surface area contributed by atoms with Crippen LogP contribution in [0.5, 0.6) is 0 Å². The van der Waals surface area contributed by atoms with E-state index in [0.29, 0.717) is 38.7 Å². The van der Waals surface area contributed by atoms with E-state index >= 15 is 0 Å². The lowest BCUT2D eigenvalue weighted by molar-refractivity contribution is 0.0599. The number of esters is 1. The zero-order valence-corrected chi connectivity index (χ0v) is 17.9. The van der Waals surface area contributed by atoms with Gasteiger partial charge in [0.15, 0.2) is 16.6 Å². The Morgan fingerprint density at radius 2 is 1.90 bits per heavy atom. The number of H-pyrrole nitrogens is 2. The average Bonchev–Trinajstić information content (AvgIpc) is 3.33. The highest BCUT2D eigenvalue weighted by Gasteiger charge is 2.23. The number of thioether (sulfide) groups is 1. The van der Waals surface area contributed by atoms with Gasteiger partial charge in [-0.3, -0.25) is 9.59 Å². The molecular weight excluding hydrogens is 418 g/mol. The van der Waals surface area contributed by atoms with Crippen molar-refractivity contribution in [1.29, 1.82) is 0 Å². The molecule has 0 unspecified atom stereocenters. The van der Waals surface area contributed by atoms with Gasteiger partial charge in [0.05, 0.1) is 36.0 Å². The molecule has 0 aliphatic heterocycles. The van der Waals surface area contributed by atoms with Gasteiger partial charge in [-0.15, -0.1) is 0 Å². The predicted octanol–water partition coefficient (Wildman–Crippen LogP) is 2.82. The van der Waals surface area contributed by atoms with Crippen LogP contribution < -0.4 is 5.56 Å². The number of fused-ring (bicyclic) bond motifs is 1. The molecular formula is C21H19N5O4S. The molecule has 2 N–H and O–H groups in total. The van der Waals surface area contributed by atoms with E-state index in [1.165, 1.54) is 13.3 Å². The molecule has 3 aromatic heterocycles. The van der Waals surface area contributed by atoms with Crippen molar-refractivity contribution in [2.75, 3.05) is 12.9 Å². The molecule has 3 heterocycles. The minimum Gasteiger partial charge on any atom is -0.465 e. The van der Waals surface area contributed by atoms with Crippen LogP contribution in [0, 0.1) is 13.8 Å². The molecule has 31 heavy (non-hydrogen) atoms. The molecule has 0 bridgehead atoms. The number of para-hydroxylation sites is 1. The molecule has 9 nitrogen and oxygen atoms in total. The van der Waals surface area contributed by atoms with Crippen molar-refractivity contribution in [3.05, 3.63) is 69.4 Å². The van der Waals surface area contributed by atoms with Crippen molar-refractivity contribution in [2.24, 2.45) is 0 Å². The van der Waals surface area contributed by atoms with E-state index < -0.39 is 5.97 Å². The van der Waals surface area contributed by atoms with Crippen LogP contribution in [-0.2, 0) is 4.74 Å². The first-order chi connectivity index (χ1) is 14.9. The molecule has 4 rings (SSSR count). The first-order valence-electron chi connectivity index (χ1n) is 9.37. The van der Waals surface area contributed by atoms with Gasteiger partial charge in [-0.2, -0.15) is 5.10 Å². The first kappa shape index (κ1) is 20.6. The molecule has 0 aliphatic carbocycles. The highest BCUT2D eigenvalue weighted by atomic mass is 32.2. The topological polar surface area (TPSA) is 123 Å². The highest BCUT2D eigenvalue weighted by molar-refractivity contribution is 7.99. The molecule has 0 radical (unpaired) electrons. The lowest BCUT2D eigenvalue weighted by atomic mass is 10.1. The standard InChI is InChI=1S/C21H19N5O4S/c1-11-16(20(29)30-3)12(2)23-17(11)15(27)10-31-21-24-18-14(19(28)25-21)9-22-26(18)13-7-5-4-6-8-13/h4-9,23H,10H2,1-3H3,(H,24,25,28). The van der Waals surface area contributed by atoms with E-state index in [4.69, 9.17) is 4.74 Å². The second-order valence-corrected chi connectivity index (χ2v) is 7.79. The van der Waals surface area contributed by atoms with Crippen LogP contribution in [0.3, 0.4) is 0 Å². The van der Waals surface area contributed by atoms with E-state index in [0.717, 1.165) is 17.4 Å². The zero-order chi connectivity index (χ0) is 22.1. The maximum Gasteiger partial charge on any atom is 0.339 e. The van der Waals surface area contributed by atoms with Crippen LogP contribution in [0.2, 0.25) is 0 Å². The lowest BCUT2D eigenvalue weighted by Gasteiger charge is -2.04. The normalized spacial score (nSPS) is 11.1. The van der Waals surface area contributed by atoms with E-state index in [-0.39, 0.29) is 17.1 Å². The monoisotopic (exact) mass is 437 g/mol. The third kappa shape index (κ3) is 3.77. The molecule has 0 amide bonds. The Hall–Kier alpha value is -3.66. The minimum absolute atomic E-state index is 0.0231. The van der Waals surface area contributed by atoms with E-state index in [1.807, 2.05) is 30.3 Å². The number of benzene rings is 1. The number of aromatic amines is 2. The number of nitrogens with zero attached hydrogens (tertiary/aromatic N) is 3. The fourth-order valence-corrected chi connectivity index (χ4v) is 4.10. The van der Waals surface area contributed by atoms with E-state index in [1.54, 1.807) is 18.5 Å². The van der Waals surface area contributed by atoms with Gasteiger partial charge in [-0.1, -0.05) is 30.0 Å². The van der Waals surface area contributed by atoms with Crippen molar-refractivity contribution in [2.45, 2.75) is 19.0 Å². The molecule has 0 saturated heterocycles. The number of ether oxygens (including phenoxy) is 1. The molecule has 0 fully saturated rings. The summed E-state index contributed by atoms with van der Waals surface area (Å²) in [6.45, 7) is 3.40. The first-order valence-corrected chi connectivity index (χ1v) is 10.4. The summed E-state index contributed by atoms with van der Waals surface area (Å²) < 4.78 is 6.36. The molecule has 158 valence electrons. The summed E-state index contributed by atoms with van der Waals surface area (Å²) in [6.07, 6.45) is 1.47. The average molecular weight is 437 g/mol. The van der Waals surface area contributed by atoms with E-state index in [2.05, 4.69) is 20.1 Å². The zero-order valence-electron chi connectivity index (χ0n) is 17.1. The van der Waals surface area contributed by atoms with Gasteiger partial charge in [-0.25, -0.2) is 14.5 Å². The summed E-state index contributed by atoms with van der Waals surface area (Å²) in [5, 5.41) is 4.93. The van der Waals surface area contributed by atoms with Crippen LogP contribution in [-0.4, -0.2) is 49.3 Å². The number of ketones is 1. The summed E-state index contributed by atoms with van der Waals surface area (Å²) in [5.41, 5.74) is 2.65. The highest BCUT2D eigenvalue weighted by Crippen LogP contribution is 2.22. The number of hydrogen-bond donors (Lipinski definition) is 2. The molecule has 0 atom stereocenters. The Morgan fingerprint density at radius 1 is 1.16 bits per heavy atom. The quantitative estimate of drug-likeness (QED) is 0.206. The summed E-state index contributed by atoms with van der Waals surface area (Å²) >= 11 is 1.10. The maximum atomic E-state index is 12.8. The third-order valence-corrected chi connectivity index (χ3v) is 5.74. The third-order valence-electron chi connectivity index (χ3n) is 4.86. The van der Waals surface area contributed by atoms with Gasteiger partial charge in [0.1, 0.15) is 5.39 Å². The van der Waals surface area contributed by atoms with Crippen molar-refractivity contribution in [3.8, 4) is 5.69 Å². The lowest BCUT2D eigenvalue weighted by Crippen LogP contribution is -2.11. The summed E-state index contributed by atoms with van der Waals surface area (Å²) in [5.74, 6) is -0.696. The Morgan fingerprint density at radius 3 is 2.61 bits per heavy atom. The second-order valence-electron chi connectivity index (χ2n) is 6.83. The van der Waals surface area contributed by atoms with Crippen LogP contribution in [0.4, 0.5) is 0 Å². The maximum absolute atomic E-state index is 12.8. The second kappa shape index (κ2) is 8.23. The Bertz CT molecular complexity index is 1350. The van der Waals surface area contributed by atoms with Crippen LogP contribution in [0.25, 0.3) is 16.7 Å². The van der Waals surface area contributed by atoms with Gasteiger partial charge < -0.3 is 14.7 Å². The van der Waals surface area contributed by atoms with E-state index in [9.17, 15) is 14.4 Å². The molecule has 0 saturated carbocycles. The summed E-state index contributed by atoms with van der Waals surface area (Å²) in [4.78, 5) is 47.3. The van der Waals surface area contributed by atoms with Gasteiger partial charge >= 0.3 is 5.97 Å². The fraction of sp³-hybridized carbons (Fsp3) is 0.190. The molecule has 0 aliphatic rings. The van der Waals surface area contributed by atoms with Crippen molar-refractivity contribution >= 4 is 34.5 Å². The van der Waals surface area contributed by atoms with Crippen molar-refractivity contribution in [3.63, 3.8) is 0 Å². The van der Waals surface area contributed by atoms with Crippen molar-refractivity contribution in [1.82, 2.24) is 24.7 Å². The Balaban J connectivity index is 1.61. The fourth-order valence-electron chi connectivity index (χ4n) is 3.37. The molecule has 0 spiro atoms. The number of rotatable bonds is 6. The largest absolute Gasteiger partial charge is 0.465 e. The Labute approximate surface area is 180 Å². The number of Topliss-reactive ketones (excluding diaryl/α,β-unsaturated/α-hetero) is 1. The molecule has 10 heteroatoms. The van der Waals surface area contributed by atoms with Crippen LogP contribution >= 0.6 is 11.8 Å². The van der Waals surface area contributed by atoms with Crippen LogP contribution in [0.15, 0.2) is 46.5 Å². The van der Waals surface area contributed by atoms with Crippen molar-refractivity contribution < 1.29 is 14.3 Å². The predicted molar refractivity (Wildman–Crippen MR) is 116 cm³/mol. The summed E-state index contributed by atoms with van der Waals surface area (Å²) in [7, 11) is 1.30. The smallest absolute Gasteiger partial charge is 0.339 e. The number of aryl methyl sites for hydroxylation is 1. The number of methoxy groups -OCH3 is 1. The van der Waals surface area contributed by atoms with Gasteiger partial charge in [0, 0.05) is 5.69 Å². The SMILES string of the molecule is COC(=O)c1c(C)[nH]c(C(=O)CSc2nc3c(cnn3-c3ccccc3)c(=O)[nH]2)c1C. The molecule has 1 aromatic carbocycles. The van der Waals surface area contributed by atoms with Gasteiger partial charge in [0.25, 0.3) is 5.56 Å². The van der Waals surface area contributed by atoms with Gasteiger partial charge in [0.2, 0.25) is 0 Å². The number of hydrogen-bond acceptors (Lipinski definition) is 7. The number of carbonyl (C=O) groups is 2. The number of nitrogens with one attached hydrogen (secondary N) is 2. The van der Waals surface area contributed by atoms with Crippen LogP contribution in [0.1, 0.15) is 32.1 Å². The molecule has 4 aromatic rings. The Kier molecular flexibility index (Phi) is 5.47. The summed E-state index contributed by atoms with van der Waals surface area (Å²) in [6, 6.07) is 9.35.